The van der Waals surface area contributed by atoms with Crippen LogP contribution in [0.2, 0.25) is 0 Å². The smallest absolute Gasteiger partial charge is 0.119 e. The molecule has 1 aromatic rings. The van der Waals surface area contributed by atoms with Crippen LogP contribution in [0.25, 0.3) is 11.6 Å². The molecular formula is C14H12O. The maximum Gasteiger partial charge on any atom is 0.119 e. The molecule has 0 saturated heterocycles. The van der Waals surface area contributed by atoms with Crippen molar-refractivity contribution in [1.29, 1.82) is 0 Å². The van der Waals surface area contributed by atoms with Crippen LogP contribution in [0, 0.1) is 0 Å². The predicted molar refractivity (Wildman–Crippen MR) is 62.7 cm³/mol. The number of fused-ring (bicyclic) bond motifs is 3. The zero-order chi connectivity index (χ0) is 10.3. The summed E-state index contributed by atoms with van der Waals surface area (Å²) in [5, 5.41) is 0. The van der Waals surface area contributed by atoms with E-state index in [9.17, 15) is 0 Å². The molecule has 0 unspecified atom stereocenters. The van der Waals surface area contributed by atoms with E-state index < -0.39 is 0 Å². The van der Waals surface area contributed by atoms with Gasteiger partial charge >= 0.3 is 0 Å². The van der Waals surface area contributed by atoms with Crippen molar-refractivity contribution in [2.45, 2.75) is 6.42 Å². The highest BCUT2D eigenvalue weighted by Crippen LogP contribution is 2.40. The van der Waals surface area contributed by atoms with Crippen molar-refractivity contribution in [2.24, 2.45) is 0 Å². The molecule has 0 bridgehead atoms. The summed E-state index contributed by atoms with van der Waals surface area (Å²) in [5.41, 5.74) is 5.39. The van der Waals surface area contributed by atoms with Crippen LogP contribution in [0.4, 0.5) is 0 Å². The second-order valence-corrected chi connectivity index (χ2v) is 3.84. The van der Waals surface area contributed by atoms with E-state index >= 15 is 0 Å². The van der Waals surface area contributed by atoms with Gasteiger partial charge in [-0.05, 0) is 40.8 Å². The molecule has 0 spiro atoms. The minimum atomic E-state index is 0.929. The van der Waals surface area contributed by atoms with Gasteiger partial charge in [-0.2, -0.15) is 0 Å². The summed E-state index contributed by atoms with van der Waals surface area (Å²) in [5.74, 6) is 0.929. The Bertz CT molecular complexity index is 504. The molecule has 0 radical (unpaired) electrons. The number of hydrogen-bond donors (Lipinski definition) is 0. The number of allylic oxidation sites excluding steroid dienone is 5. The second-order valence-electron chi connectivity index (χ2n) is 3.84. The van der Waals surface area contributed by atoms with Gasteiger partial charge in [0.1, 0.15) is 5.75 Å². The van der Waals surface area contributed by atoms with Crippen LogP contribution in [-0.2, 0) is 0 Å². The quantitative estimate of drug-likeness (QED) is 0.668. The van der Waals surface area contributed by atoms with Crippen LogP contribution in [0.5, 0.6) is 5.75 Å². The molecule has 2 aliphatic rings. The van der Waals surface area contributed by atoms with Crippen molar-refractivity contribution < 1.29 is 4.74 Å². The van der Waals surface area contributed by atoms with Crippen molar-refractivity contribution in [1.82, 2.24) is 0 Å². The molecule has 0 saturated carbocycles. The summed E-state index contributed by atoms with van der Waals surface area (Å²) in [6.45, 7) is 0. The standard InChI is InChI=1S/C14H12O/c1-15-12-6-7-14-11(9-12)8-10-4-2-3-5-13(10)14/h2-3,5-9H,4H2,1H3. The summed E-state index contributed by atoms with van der Waals surface area (Å²) in [4.78, 5) is 0. The van der Waals surface area contributed by atoms with Crippen molar-refractivity contribution >= 4 is 11.6 Å². The van der Waals surface area contributed by atoms with E-state index in [1.165, 1.54) is 22.3 Å². The molecule has 3 rings (SSSR count). The number of methoxy groups -OCH3 is 1. The molecule has 0 heterocycles. The highest BCUT2D eigenvalue weighted by molar-refractivity contribution is 5.96. The lowest BCUT2D eigenvalue weighted by Gasteiger charge is -2.08. The maximum atomic E-state index is 5.23. The fourth-order valence-corrected chi connectivity index (χ4v) is 2.20. The fraction of sp³-hybridized carbons (Fsp3) is 0.143. The molecule has 0 atom stereocenters. The zero-order valence-corrected chi connectivity index (χ0v) is 8.66. The first-order chi connectivity index (χ1) is 7.38. The fourth-order valence-electron chi connectivity index (χ4n) is 2.20. The number of hydrogen-bond acceptors (Lipinski definition) is 1. The lowest BCUT2D eigenvalue weighted by atomic mass is 9.97. The largest absolute Gasteiger partial charge is 0.497 e. The van der Waals surface area contributed by atoms with Crippen LogP contribution in [-0.4, -0.2) is 7.11 Å². The average molecular weight is 196 g/mol. The molecule has 0 aliphatic heterocycles. The van der Waals surface area contributed by atoms with E-state index in [0.717, 1.165) is 12.2 Å². The summed E-state index contributed by atoms with van der Waals surface area (Å²) < 4.78 is 5.23. The molecule has 2 aliphatic carbocycles. The number of ether oxygens (including phenoxy) is 1. The minimum absolute atomic E-state index is 0.929. The van der Waals surface area contributed by atoms with E-state index in [-0.39, 0.29) is 0 Å². The summed E-state index contributed by atoms with van der Waals surface area (Å²) >= 11 is 0. The van der Waals surface area contributed by atoms with Crippen LogP contribution >= 0.6 is 0 Å². The molecule has 15 heavy (non-hydrogen) atoms. The molecule has 0 amide bonds. The SMILES string of the molecule is COc1ccc2c(c1)C=C1CC=CC=C12. The van der Waals surface area contributed by atoms with Gasteiger partial charge in [0.2, 0.25) is 0 Å². The first kappa shape index (κ1) is 8.54. The van der Waals surface area contributed by atoms with E-state index in [1.807, 2.05) is 6.07 Å². The third kappa shape index (κ3) is 1.23. The molecule has 1 heteroatoms. The van der Waals surface area contributed by atoms with Gasteiger partial charge in [-0.25, -0.2) is 0 Å². The van der Waals surface area contributed by atoms with Gasteiger partial charge in [-0.3, -0.25) is 0 Å². The third-order valence-electron chi connectivity index (χ3n) is 2.96. The summed E-state index contributed by atoms with van der Waals surface area (Å²) in [7, 11) is 1.71. The van der Waals surface area contributed by atoms with Crippen molar-refractivity contribution in [3.05, 3.63) is 53.1 Å². The van der Waals surface area contributed by atoms with E-state index in [4.69, 9.17) is 4.74 Å². The molecule has 0 N–H and O–H groups in total. The molecule has 0 fully saturated rings. The van der Waals surface area contributed by atoms with Gasteiger partial charge in [0.25, 0.3) is 0 Å². The molecular weight excluding hydrogens is 184 g/mol. The minimum Gasteiger partial charge on any atom is -0.497 e. The first-order valence-corrected chi connectivity index (χ1v) is 5.14. The highest BCUT2D eigenvalue weighted by Gasteiger charge is 2.19. The molecule has 74 valence electrons. The van der Waals surface area contributed by atoms with Crippen molar-refractivity contribution in [3.63, 3.8) is 0 Å². The molecule has 1 nitrogen and oxygen atoms in total. The Balaban J connectivity index is 2.16. The van der Waals surface area contributed by atoms with Crippen molar-refractivity contribution in [3.8, 4) is 5.75 Å². The average Bonchev–Trinajstić information content (AvgIpc) is 2.66. The van der Waals surface area contributed by atoms with Gasteiger partial charge in [0.05, 0.1) is 7.11 Å². The number of rotatable bonds is 1. The Morgan fingerprint density at radius 2 is 2.20 bits per heavy atom. The molecule has 1 aromatic carbocycles. The maximum absolute atomic E-state index is 5.23. The van der Waals surface area contributed by atoms with E-state index in [1.54, 1.807) is 7.11 Å². The number of benzene rings is 1. The van der Waals surface area contributed by atoms with Crippen LogP contribution in [0.3, 0.4) is 0 Å². The van der Waals surface area contributed by atoms with E-state index in [2.05, 4.69) is 36.4 Å². The lowest BCUT2D eigenvalue weighted by molar-refractivity contribution is 0.414. The van der Waals surface area contributed by atoms with Gasteiger partial charge < -0.3 is 4.74 Å². The van der Waals surface area contributed by atoms with Gasteiger partial charge in [-0.15, -0.1) is 0 Å². The normalized spacial score (nSPS) is 16.6. The monoisotopic (exact) mass is 196 g/mol. The van der Waals surface area contributed by atoms with Gasteiger partial charge in [0.15, 0.2) is 0 Å². The van der Waals surface area contributed by atoms with E-state index in [0.29, 0.717) is 0 Å². The Labute approximate surface area is 89.4 Å². The summed E-state index contributed by atoms with van der Waals surface area (Å²) in [6.07, 6.45) is 9.81. The topological polar surface area (TPSA) is 9.23 Å². The van der Waals surface area contributed by atoms with Crippen LogP contribution in [0.15, 0.2) is 42.0 Å². The first-order valence-electron chi connectivity index (χ1n) is 5.14. The van der Waals surface area contributed by atoms with Gasteiger partial charge in [-0.1, -0.05) is 30.4 Å². The summed E-state index contributed by atoms with van der Waals surface area (Å²) in [6, 6.07) is 6.26. The zero-order valence-electron chi connectivity index (χ0n) is 8.66. The Morgan fingerprint density at radius 3 is 3.07 bits per heavy atom. The van der Waals surface area contributed by atoms with Crippen LogP contribution < -0.4 is 4.74 Å². The highest BCUT2D eigenvalue weighted by atomic mass is 16.5. The Kier molecular flexibility index (Phi) is 1.78. The van der Waals surface area contributed by atoms with Crippen molar-refractivity contribution in [2.75, 3.05) is 7.11 Å². The third-order valence-corrected chi connectivity index (χ3v) is 2.96. The van der Waals surface area contributed by atoms with Gasteiger partial charge in [0, 0.05) is 0 Å². The Morgan fingerprint density at radius 1 is 1.27 bits per heavy atom. The second kappa shape index (κ2) is 3.13. The Hall–Kier alpha value is -1.76. The predicted octanol–water partition coefficient (Wildman–Crippen LogP) is 3.44. The van der Waals surface area contributed by atoms with Crippen LogP contribution in [0.1, 0.15) is 17.5 Å². The lowest BCUT2D eigenvalue weighted by Crippen LogP contribution is -1.88. The molecule has 0 aromatic heterocycles.